The molecule has 122 valence electrons. The first kappa shape index (κ1) is 17.1. The number of carbonyl (C=O) groups excluding carboxylic acids is 1. The molecule has 1 aromatic carbocycles. The molecule has 0 aliphatic carbocycles. The summed E-state index contributed by atoms with van der Waals surface area (Å²) in [7, 11) is 0. The third-order valence-electron chi connectivity index (χ3n) is 3.47. The fraction of sp³-hybridized carbons (Fsp3) is 0.353. The van der Waals surface area contributed by atoms with Crippen LogP contribution in [0.2, 0.25) is 0 Å². The molecule has 1 heterocycles. The van der Waals surface area contributed by atoms with E-state index in [1.54, 1.807) is 0 Å². The second-order valence-corrected chi connectivity index (χ2v) is 6.54. The summed E-state index contributed by atoms with van der Waals surface area (Å²) in [6, 6.07) is 8.12. The molecule has 0 bridgehead atoms. The van der Waals surface area contributed by atoms with E-state index >= 15 is 0 Å². The molecule has 0 aliphatic heterocycles. The predicted molar refractivity (Wildman–Crippen MR) is 90.9 cm³/mol. The Labute approximate surface area is 139 Å². The van der Waals surface area contributed by atoms with E-state index in [0.717, 1.165) is 16.1 Å². The Kier molecular flexibility index (Phi) is 5.87. The molecule has 1 amide bonds. The van der Waals surface area contributed by atoms with Crippen LogP contribution in [0.5, 0.6) is 0 Å². The van der Waals surface area contributed by atoms with Crippen molar-refractivity contribution < 1.29 is 14.7 Å². The van der Waals surface area contributed by atoms with E-state index in [4.69, 9.17) is 5.11 Å². The van der Waals surface area contributed by atoms with Crippen molar-refractivity contribution in [3.63, 3.8) is 0 Å². The summed E-state index contributed by atoms with van der Waals surface area (Å²) in [4.78, 5) is 27.8. The van der Waals surface area contributed by atoms with Crippen molar-refractivity contribution >= 4 is 28.3 Å². The van der Waals surface area contributed by atoms with Gasteiger partial charge in [-0.05, 0) is 32.3 Å². The monoisotopic (exact) mass is 332 g/mol. The van der Waals surface area contributed by atoms with Gasteiger partial charge in [0.25, 0.3) is 0 Å². The molecule has 0 aliphatic rings. The molecule has 6 heteroatoms. The standard InChI is InChI=1S/C17H20N2O3S/c1-11-3-5-13(6-4-11)7-9-15(20)19-17-18-12(2)14(23-17)8-10-16(21)22/h3-6H,7-10H2,1-2H3,(H,21,22)(H,18,19,20). The van der Waals surface area contributed by atoms with Crippen LogP contribution in [0.25, 0.3) is 0 Å². The normalized spacial score (nSPS) is 10.5. The Morgan fingerprint density at radius 2 is 1.83 bits per heavy atom. The number of carboxylic acid groups (broad SMARTS) is 1. The first-order valence-corrected chi connectivity index (χ1v) is 8.29. The second-order valence-electron chi connectivity index (χ2n) is 5.46. The third-order valence-corrected chi connectivity index (χ3v) is 4.60. The lowest BCUT2D eigenvalue weighted by Gasteiger charge is -2.02. The van der Waals surface area contributed by atoms with Gasteiger partial charge in [0.1, 0.15) is 0 Å². The van der Waals surface area contributed by atoms with Crippen LogP contribution in [0, 0.1) is 13.8 Å². The van der Waals surface area contributed by atoms with Crippen molar-refractivity contribution in [2.75, 3.05) is 5.32 Å². The van der Waals surface area contributed by atoms with Crippen LogP contribution >= 0.6 is 11.3 Å². The van der Waals surface area contributed by atoms with Crippen LogP contribution in [0.4, 0.5) is 5.13 Å². The average Bonchev–Trinajstić information content (AvgIpc) is 2.84. The minimum Gasteiger partial charge on any atom is -0.481 e. The molecular weight excluding hydrogens is 312 g/mol. The van der Waals surface area contributed by atoms with E-state index in [1.165, 1.54) is 16.9 Å². The van der Waals surface area contributed by atoms with Crippen molar-refractivity contribution in [2.24, 2.45) is 0 Å². The number of thiazole rings is 1. The van der Waals surface area contributed by atoms with Crippen molar-refractivity contribution in [1.82, 2.24) is 4.98 Å². The van der Waals surface area contributed by atoms with Crippen molar-refractivity contribution in [3.8, 4) is 0 Å². The highest BCUT2D eigenvalue weighted by molar-refractivity contribution is 7.15. The molecule has 0 radical (unpaired) electrons. The van der Waals surface area contributed by atoms with Gasteiger partial charge in [0.05, 0.1) is 12.1 Å². The molecule has 2 aromatic rings. The van der Waals surface area contributed by atoms with Crippen molar-refractivity contribution in [2.45, 2.75) is 39.5 Å². The molecule has 0 atom stereocenters. The number of carbonyl (C=O) groups is 2. The molecule has 23 heavy (non-hydrogen) atoms. The Hall–Kier alpha value is -2.21. The molecule has 0 saturated carbocycles. The summed E-state index contributed by atoms with van der Waals surface area (Å²) in [5, 5.41) is 12.1. The van der Waals surface area contributed by atoms with Gasteiger partial charge in [0, 0.05) is 11.3 Å². The number of anilines is 1. The van der Waals surface area contributed by atoms with E-state index in [2.05, 4.69) is 10.3 Å². The topological polar surface area (TPSA) is 79.3 Å². The summed E-state index contributed by atoms with van der Waals surface area (Å²) in [6.07, 6.45) is 1.59. The molecule has 0 unspecified atom stereocenters. The van der Waals surface area contributed by atoms with Crippen LogP contribution in [-0.2, 0) is 22.4 Å². The second kappa shape index (κ2) is 7.87. The van der Waals surface area contributed by atoms with E-state index in [0.29, 0.717) is 24.4 Å². The van der Waals surface area contributed by atoms with Gasteiger partial charge in [-0.1, -0.05) is 29.8 Å². The Morgan fingerprint density at radius 3 is 2.48 bits per heavy atom. The van der Waals surface area contributed by atoms with Gasteiger partial charge in [-0.3, -0.25) is 9.59 Å². The maximum absolute atomic E-state index is 12.0. The summed E-state index contributed by atoms with van der Waals surface area (Å²) in [6.45, 7) is 3.86. The number of amides is 1. The van der Waals surface area contributed by atoms with Gasteiger partial charge in [-0.25, -0.2) is 4.98 Å². The number of aryl methyl sites for hydroxylation is 4. The molecule has 2 rings (SSSR count). The number of nitrogens with one attached hydrogen (secondary N) is 1. The van der Waals surface area contributed by atoms with E-state index in [-0.39, 0.29) is 12.3 Å². The lowest BCUT2D eigenvalue weighted by atomic mass is 10.1. The van der Waals surface area contributed by atoms with E-state index in [1.807, 2.05) is 38.1 Å². The van der Waals surface area contributed by atoms with Gasteiger partial charge in [-0.15, -0.1) is 11.3 Å². The quantitative estimate of drug-likeness (QED) is 0.815. The average molecular weight is 332 g/mol. The highest BCUT2D eigenvalue weighted by Gasteiger charge is 2.11. The van der Waals surface area contributed by atoms with Crippen LogP contribution in [0.1, 0.15) is 34.5 Å². The van der Waals surface area contributed by atoms with Crippen LogP contribution in [-0.4, -0.2) is 22.0 Å². The highest BCUT2D eigenvalue weighted by atomic mass is 32.1. The first-order chi connectivity index (χ1) is 10.9. The molecular formula is C17H20N2O3S. The fourth-order valence-electron chi connectivity index (χ4n) is 2.13. The lowest BCUT2D eigenvalue weighted by molar-refractivity contribution is -0.136. The fourth-order valence-corrected chi connectivity index (χ4v) is 3.11. The number of hydrogen-bond acceptors (Lipinski definition) is 4. The molecule has 2 N–H and O–H groups in total. The first-order valence-electron chi connectivity index (χ1n) is 7.47. The van der Waals surface area contributed by atoms with Gasteiger partial charge in [0.15, 0.2) is 5.13 Å². The predicted octanol–water partition coefficient (Wildman–Crippen LogP) is 3.35. The minimum absolute atomic E-state index is 0.0733. The number of nitrogens with zero attached hydrogens (tertiary/aromatic N) is 1. The number of carboxylic acids is 1. The maximum Gasteiger partial charge on any atom is 0.303 e. The number of rotatable bonds is 7. The van der Waals surface area contributed by atoms with E-state index < -0.39 is 5.97 Å². The number of benzene rings is 1. The van der Waals surface area contributed by atoms with Gasteiger partial charge in [0.2, 0.25) is 5.91 Å². The zero-order valence-electron chi connectivity index (χ0n) is 13.3. The molecule has 0 fully saturated rings. The number of aromatic nitrogens is 1. The van der Waals surface area contributed by atoms with Crippen molar-refractivity contribution in [3.05, 3.63) is 46.0 Å². The molecule has 0 saturated heterocycles. The third kappa shape index (κ3) is 5.49. The van der Waals surface area contributed by atoms with Crippen molar-refractivity contribution in [1.29, 1.82) is 0 Å². The largest absolute Gasteiger partial charge is 0.481 e. The highest BCUT2D eigenvalue weighted by Crippen LogP contribution is 2.24. The van der Waals surface area contributed by atoms with Crippen LogP contribution in [0.3, 0.4) is 0 Å². The van der Waals surface area contributed by atoms with Gasteiger partial charge < -0.3 is 10.4 Å². The zero-order chi connectivity index (χ0) is 16.8. The Balaban J connectivity index is 1.86. The SMILES string of the molecule is Cc1ccc(CCC(=O)Nc2nc(C)c(CCC(=O)O)s2)cc1. The lowest BCUT2D eigenvalue weighted by Crippen LogP contribution is -2.12. The summed E-state index contributed by atoms with van der Waals surface area (Å²) in [5.41, 5.74) is 3.11. The maximum atomic E-state index is 12.0. The summed E-state index contributed by atoms with van der Waals surface area (Å²) >= 11 is 1.35. The molecule has 1 aromatic heterocycles. The van der Waals surface area contributed by atoms with E-state index in [9.17, 15) is 9.59 Å². The molecule has 0 spiro atoms. The summed E-state index contributed by atoms with van der Waals surface area (Å²) in [5.74, 6) is -0.911. The van der Waals surface area contributed by atoms with Crippen LogP contribution < -0.4 is 5.32 Å². The Morgan fingerprint density at radius 1 is 1.13 bits per heavy atom. The zero-order valence-corrected chi connectivity index (χ0v) is 14.1. The number of hydrogen-bond donors (Lipinski definition) is 2. The van der Waals surface area contributed by atoms with Crippen LogP contribution in [0.15, 0.2) is 24.3 Å². The number of aliphatic carboxylic acids is 1. The Bertz CT molecular complexity index is 692. The summed E-state index contributed by atoms with van der Waals surface area (Å²) < 4.78 is 0. The molecule has 5 nitrogen and oxygen atoms in total. The smallest absolute Gasteiger partial charge is 0.303 e. The minimum atomic E-state index is -0.832. The van der Waals surface area contributed by atoms with Gasteiger partial charge >= 0.3 is 5.97 Å². The van der Waals surface area contributed by atoms with Gasteiger partial charge in [-0.2, -0.15) is 0 Å².